The van der Waals surface area contributed by atoms with Gasteiger partial charge in [0.25, 0.3) is 0 Å². The van der Waals surface area contributed by atoms with Crippen LogP contribution in [0.2, 0.25) is 0 Å². The van der Waals surface area contributed by atoms with Crippen molar-refractivity contribution in [2.24, 2.45) is 0 Å². The number of unbranched alkanes of at least 4 members (excludes halogenated alkanes) is 1. The molecule has 2 aromatic carbocycles. The highest BCUT2D eigenvalue weighted by molar-refractivity contribution is 8.27. The van der Waals surface area contributed by atoms with Gasteiger partial charge in [-0.05, 0) is 81.2 Å². The molecule has 142 valence electrons. The van der Waals surface area contributed by atoms with Crippen molar-refractivity contribution >= 4 is 28.0 Å². The van der Waals surface area contributed by atoms with E-state index in [1.54, 1.807) is 29.4 Å². The van der Waals surface area contributed by atoms with E-state index in [0.717, 1.165) is 30.6 Å². The van der Waals surface area contributed by atoms with E-state index in [2.05, 4.69) is 4.90 Å². The van der Waals surface area contributed by atoms with Gasteiger partial charge in [0.2, 0.25) is 0 Å². The molecule has 5 nitrogen and oxygen atoms in total. The maximum Gasteiger partial charge on any atom is 0.148 e. The topological polar surface area (TPSA) is 50.2 Å². The predicted octanol–water partition coefficient (Wildman–Crippen LogP) is 5.01. The molecule has 1 aliphatic heterocycles. The Labute approximate surface area is 156 Å². The molecule has 0 bridgehead atoms. The molecule has 0 saturated heterocycles. The number of rotatable bonds is 6. The minimum absolute atomic E-state index is 0.179. The Morgan fingerprint density at radius 3 is 2.35 bits per heavy atom. The van der Waals surface area contributed by atoms with Crippen molar-refractivity contribution in [2.75, 3.05) is 35.8 Å². The smallest absolute Gasteiger partial charge is 0.148 e. The Balaban J connectivity index is 1.94. The average Bonchev–Trinajstić information content (AvgIpc) is 2.79. The fourth-order valence-corrected chi connectivity index (χ4v) is 4.99. The van der Waals surface area contributed by atoms with Gasteiger partial charge < -0.3 is 4.90 Å². The minimum Gasteiger partial charge on any atom is -0.309 e. The fraction of sp³-hybridized carbons (Fsp3) is 0.368. The van der Waals surface area contributed by atoms with Crippen molar-refractivity contribution in [2.45, 2.75) is 19.8 Å². The van der Waals surface area contributed by atoms with E-state index in [1.165, 1.54) is 10.4 Å². The largest absolute Gasteiger partial charge is 0.309 e. The monoisotopic (exact) mass is 379 g/mol. The zero-order valence-corrected chi connectivity index (χ0v) is 16.2. The lowest BCUT2D eigenvalue weighted by molar-refractivity contribution is 0.395. The first-order valence-electron chi connectivity index (χ1n) is 8.68. The first kappa shape index (κ1) is 19.0. The van der Waals surface area contributed by atoms with Crippen LogP contribution in [0, 0.1) is 12.7 Å². The van der Waals surface area contributed by atoms with Gasteiger partial charge in [0, 0.05) is 6.54 Å². The van der Waals surface area contributed by atoms with Crippen LogP contribution in [0.15, 0.2) is 42.5 Å². The predicted molar refractivity (Wildman–Crippen MR) is 108 cm³/mol. The number of halogens is 1. The molecule has 0 fully saturated rings. The second kappa shape index (κ2) is 7.44. The molecule has 0 amide bonds. The molecular weight excluding hydrogens is 353 g/mol. The highest BCUT2D eigenvalue weighted by Crippen LogP contribution is 2.64. The molecular formula is C19H26FN3O2S. The second-order valence-electron chi connectivity index (χ2n) is 6.84. The Morgan fingerprint density at radius 2 is 1.69 bits per heavy atom. The first-order chi connectivity index (χ1) is 12.3. The van der Waals surface area contributed by atoms with Gasteiger partial charge in [-0.15, -0.1) is 0 Å². The van der Waals surface area contributed by atoms with Crippen molar-refractivity contribution in [3.63, 3.8) is 0 Å². The number of anilines is 3. The van der Waals surface area contributed by atoms with E-state index in [9.17, 15) is 13.5 Å². The first-order valence-corrected chi connectivity index (χ1v) is 10.1. The number of hydrogen-bond acceptors (Lipinski definition) is 5. The zero-order valence-electron chi connectivity index (χ0n) is 15.4. The summed E-state index contributed by atoms with van der Waals surface area (Å²) in [7, 11) is 0.666. The van der Waals surface area contributed by atoms with Gasteiger partial charge in [-0.2, -0.15) is 0 Å². The van der Waals surface area contributed by atoms with Crippen molar-refractivity contribution in [1.82, 2.24) is 4.90 Å². The molecule has 2 N–H and O–H groups in total. The lowest BCUT2D eigenvalue weighted by Crippen LogP contribution is -2.32. The van der Waals surface area contributed by atoms with Crippen LogP contribution in [-0.2, 0) is 0 Å². The number of aryl methyl sites for hydroxylation is 1. The van der Waals surface area contributed by atoms with Crippen LogP contribution in [0.4, 0.5) is 21.5 Å². The molecule has 1 heterocycles. The molecule has 0 saturated carbocycles. The Bertz CT molecular complexity index is 785. The summed E-state index contributed by atoms with van der Waals surface area (Å²) in [6.07, 6.45) is 1.76. The summed E-state index contributed by atoms with van der Waals surface area (Å²) >= 11 is 0. The molecule has 0 spiro atoms. The van der Waals surface area contributed by atoms with Crippen molar-refractivity contribution in [3.8, 4) is 0 Å². The van der Waals surface area contributed by atoms with Crippen molar-refractivity contribution in [3.05, 3.63) is 53.8 Å². The average molecular weight is 380 g/mol. The standard InChI is InChI=1S/C19H26FN3O2S/c1-15-10-11-17(16(20)14-15)23-19-9-5-4-8-18(19)22(26(23,24)25)13-7-6-12-21(2)3/h4-5,8-11,14,24-25H,6-7,12-13H2,1-3H3. The number of benzene rings is 2. The van der Waals surface area contributed by atoms with E-state index in [1.807, 2.05) is 32.3 Å². The molecule has 1 aliphatic rings. The molecule has 0 unspecified atom stereocenters. The Morgan fingerprint density at radius 1 is 1.00 bits per heavy atom. The van der Waals surface area contributed by atoms with Crippen LogP contribution in [0.25, 0.3) is 0 Å². The highest BCUT2D eigenvalue weighted by atomic mass is 32.3. The van der Waals surface area contributed by atoms with Crippen LogP contribution in [0.3, 0.4) is 0 Å². The molecule has 2 aromatic rings. The zero-order chi connectivity index (χ0) is 18.9. The third kappa shape index (κ3) is 3.53. The van der Waals surface area contributed by atoms with E-state index < -0.39 is 16.8 Å². The van der Waals surface area contributed by atoms with Crippen LogP contribution < -0.4 is 8.61 Å². The summed E-state index contributed by atoms with van der Waals surface area (Å²) in [6.45, 7) is 3.24. The maximum absolute atomic E-state index is 14.6. The van der Waals surface area contributed by atoms with Gasteiger partial charge in [0.1, 0.15) is 11.5 Å². The summed E-state index contributed by atoms with van der Waals surface area (Å²) in [4.78, 5) is 2.10. The summed E-state index contributed by atoms with van der Waals surface area (Å²) in [6, 6.07) is 12.1. The molecule has 7 heteroatoms. The maximum atomic E-state index is 14.6. The van der Waals surface area contributed by atoms with Crippen molar-refractivity contribution in [1.29, 1.82) is 0 Å². The third-order valence-corrected chi connectivity index (χ3v) is 6.30. The van der Waals surface area contributed by atoms with Crippen LogP contribution in [0.5, 0.6) is 0 Å². The number of fused-ring (bicyclic) bond motifs is 1. The molecule has 0 radical (unpaired) electrons. The lowest BCUT2D eigenvalue weighted by atomic mass is 10.2. The molecule has 0 aliphatic carbocycles. The Kier molecular flexibility index (Phi) is 5.43. The molecule has 0 atom stereocenters. The van der Waals surface area contributed by atoms with Gasteiger partial charge in [-0.1, -0.05) is 18.2 Å². The SMILES string of the molecule is Cc1ccc(N2c3ccccc3N(CCCCN(C)C)S2(O)O)c(F)c1. The van der Waals surface area contributed by atoms with E-state index in [0.29, 0.717) is 12.2 Å². The Hall–Kier alpha value is -1.80. The van der Waals surface area contributed by atoms with E-state index in [-0.39, 0.29) is 5.69 Å². The molecule has 3 rings (SSSR count). The number of nitrogens with zero attached hydrogens (tertiary/aromatic N) is 3. The van der Waals surface area contributed by atoms with Crippen LogP contribution >= 0.6 is 11.0 Å². The molecule has 0 aromatic heterocycles. The second-order valence-corrected chi connectivity index (χ2v) is 8.63. The lowest BCUT2D eigenvalue weighted by Gasteiger charge is -2.44. The van der Waals surface area contributed by atoms with Gasteiger partial charge in [-0.3, -0.25) is 13.4 Å². The van der Waals surface area contributed by atoms with Crippen molar-refractivity contribution < 1.29 is 13.5 Å². The normalized spacial score (nSPS) is 16.9. The van der Waals surface area contributed by atoms with Crippen LogP contribution in [0.1, 0.15) is 18.4 Å². The van der Waals surface area contributed by atoms with Gasteiger partial charge in [0.05, 0.1) is 11.4 Å². The summed E-state index contributed by atoms with van der Waals surface area (Å²) in [5.74, 6) is -0.464. The third-order valence-electron chi connectivity index (χ3n) is 4.45. The van der Waals surface area contributed by atoms with Gasteiger partial charge in [-0.25, -0.2) is 8.70 Å². The molecule has 26 heavy (non-hydrogen) atoms. The van der Waals surface area contributed by atoms with Crippen LogP contribution in [-0.4, -0.2) is 41.2 Å². The summed E-state index contributed by atoms with van der Waals surface area (Å²) in [5.41, 5.74) is 2.30. The van der Waals surface area contributed by atoms with E-state index in [4.69, 9.17) is 0 Å². The number of hydrogen-bond donors (Lipinski definition) is 2. The van der Waals surface area contributed by atoms with Gasteiger partial charge >= 0.3 is 0 Å². The highest BCUT2D eigenvalue weighted by Gasteiger charge is 2.42. The summed E-state index contributed by atoms with van der Waals surface area (Å²) in [5, 5.41) is 0. The van der Waals surface area contributed by atoms with E-state index >= 15 is 0 Å². The summed E-state index contributed by atoms with van der Waals surface area (Å²) < 4.78 is 39.5. The minimum atomic E-state index is -3.36. The number of para-hydroxylation sites is 2. The quantitative estimate of drug-likeness (QED) is 0.691. The van der Waals surface area contributed by atoms with Gasteiger partial charge in [0.15, 0.2) is 0 Å². The fourth-order valence-electron chi connectivity index (χ4n) is 3.17.